The number of aromatic nitrogens is 1. The molecule has 1 aromatic heterocycles. The molecule has 0 bridgehead atoms. The van der Waals surface area contributed by atoms with Gasteiger partial charge in [-0.3, -0.25) is 4.98 Å². The van der Waals surface area contributed by atoms with Gasteiger partial charge in [0.2, 0.25) is 0 Å². The van der Waals surface area contributed by atoms with Gasteiger partial charge >= 0.3 is 0 Å². The summed E-state index contributed by atoms with van der Waals surface area (Å²) in [5, 5.41) is 0. The van der Waals surface area contributed by atoms with E-state index in [0.717, 1.165) is 37.1 Å². The first-order chi connectivity index (χ1) is 11.7. The van der Waals surface area contributed by atoms with Crippen molar-refractivity contribution in [2.24, 2.45) is 0 Å². The van der Waals surface area contributed by atoms with E-state index < -0.39 is 0 Å². The number of hydrogen-bond acceptors (Lipinski definition) is 2. The smallest absolute Gasteiger partial charge is 0.130 e. The third-order valence-corrected chi connectivity index (χ3v) is 4.56. The third kappa shape index (κ3) is 3.87. The van der Waals surface area contributed by atoms with Crippen LogP contribution in [0.4, 0.5) is 0 Å². The van der Waals surface area contributed by atoms with Gasteiger partial charge in [0.15, 0.2) is 0 Å². The van der Waals surface area contributed by atoms with Crippen molar-refractivity contribution >= 4 is 5.57 Å². The fourth-order valence-electron chi connectivity index (χ4n) is 3.18. The molecule has 0 aliphatic heterocycles. The van der Waals surface area contributed by atoms with Gasteiger partial charge in [0, 0.05) is 6.20 Å². The summed E-state index contributed by atoms with van der Waals surface area (Å²) >= 11 is 0. The Balaban J connectivity index is 2.47. The minimum absolute atomic E-state index is 0.512. The second kappa shape index (κ2) is 8.68. The van der Waals surface area contributed by atoms with Gasteiger partial charge in [0.25, 0.3) is 0 Å². The summed E-state index contributed by atoms with van der Waals surface area (Å²) in [6.45, 7) is 13.6. The van der Waals surface area contributed by atoms with E-state index in [4.69, 9.17) is 4.74 Å². The molecule has 128 valence electrons. The summed E-state index contributed by atoms with van der Waals surface area (Å²) in [6.07, 6.45) is 5.72. The summed E-state index contributed by atoms with van der Waals surface area (Å²) in [5.41, 5.74) is 7.48. The number of hydrogen-bond donors (Lipinski definition) is 0. The van der Waals surface area contributed by atoms with Gasteiger partial charge in [-0.05, 0) is 71.7 Å². The van der Waals surface area contributed by atoms with E-state index in [1.54, 1.807) is 0 Å². The Morgan fingerprint density at radius 3 is 2.33 bits per heavy atom. The fourth-order valence-corrected chi connectivity index (χ4v) is 3.18. The second-order valence-electron chi connectivity index (χ2n) is 6.00. The van der Waals surface area contributed by atoms with Crippen molar-refractivity contribution in [3.05, 3.63) is 65.0 Å². The molecule has 0 atom stereocenters. The van der Waals surface area contributed by atoms with E-state index in [0.29, 0.717) is 6.61 Å². The standard InChI is InChI=1S/C22H29NO/c1-6-16(5)21-14-17(7-2)22(20(9-4)19(21)8-3)24-15-18-12-10-11-13-23-18/h10-14H,5-9,15H2,1-4H3. The normalized spacial score (nSPS) is 10.7. The number of rotatable bonds is 8. The Morgan fingerprint density at radius 1 is 1.04 bits per heavy atom. The molecule has 0 amide bonds. The quantitative estimate of drug-likeness (QED) is 0.615. The highest BCUT2D eigenvalue weighted by Gasteiger charge is 2.17. The highest BCUT2D eigenvalue weighted by molar-refractivity contribution is 5.70. The fraction of sp³-hybridized carbons (Fsp3) is 0.409. The van der Waals surface area contributed by atoms with Crippen molar-refractivity contribution in [3.63, 3.8) is 0 Å². The van der Waals surface area contributed by atoms with Crippen LogP contribution in [-0.4, -0.2) is 4.98 Å². The number of nitrogens with zero attached hydrogens (tertiary/aromatic N) is 1. The van der Waals surface area contributed by atoms with E-state index in [1.807, 2.05) is 24.4 Å². The molecule has 2 aromatic rings. The Kier molecular flexibility index (Phi) is 6.60. The summed E-state index contributed by atoms with van der Waals surface area (Å²) in [7, 11) is 0. The second-order valence-corrected chi connectivity index (χ2v) is 6.00. The molecule has 0 spiro atoms. The minimum atomic E-state index is 0.512. The molecule has 0 unspecified atom stereocenters. The average molecular weight is 323 g/mol. The largest absolute Gasteiger partial charge is 0.487 e. The summed E-state index contributed by atoms with van der Waals surface area (Å²) in [6, 6.07) is 8.22. The number of aryl methyl sites for hydroxylation is 1. The SMILES string of the molecule is C=C(CC)c1cc(CC)c(OCc2ccccn2)c(CC)c1CC. The van der Waals surface area contributed by atoms with Crippen molar-refractivity contribution in [1.29, 1.82) is 0 Å². The molecule has 24 heavy (non-hydrogen) atoms. The molecular weight excluding hydrogens is 294 g/mol. The molecule has 0 aliphatic carbocycles. The van der Waals surface area contributed by atoms with Crippen molar-refractivity contribution in [1.82, 2.24) is 4.98 Å². The lowest BCUT2D eigenvalue weighted by atomic mass is 9.88. The van der Waals surface area contributed by atoms with Gasteiger partial charge in [-0.2, -0.15) is 0 Å². The molecule has 0 fully saturated rings. The van der Waals surface area contributed by atoms with E-state index in [9.17, 15) is 0 Å². The molecule has 0 saturated heterocycles. The van der Waals surface area contributed by atoms with Gasteiger partial charge in [0.1, 0.15) is 12.4 Å². The predicted octanol–water partition coefficient (Wildman–Crippen LogP) is 5.77. The molecule has 2 heteroatoms. The minimum Gasteiger partial charge on any atom is -0.487 e. The first kappa shape index (κ1) is 18.3. The van der Waals surface area contributed by atoms with Gasteiger partial charge < -0.3 is 4.74 Å². The lowest BCUT2D eigenvalue weighted by Crippen LogP contribution is -2.08. The molecule has 1 heterocycles. The van der Waals surface area contributed by atoms with Gasteiger partial charge in [-0.25, -0.2) is 0 Å². The first-order valence-electron chi connectivity index (χ1n) is 9.04. The Hall–Kier alpha value is -2.09. The zero-order valence-corrected chi connectivity index (χ0v) is 15.5. The van der Waals surface area contributed by atoms with Gasteiger partial charge in [-0.1, -0.05) is 40.3 Å². The highest BCUT2D eigenvalue weighted by atomic mass is 16.5. The number of benzene rings is 1. The maximum absolute atomic E-state index is 6.25. The summed E-state index contributed by atoms with van der Waals surface area (Å²) < 4.78 is 6.25. The molecule has 2 rings (SSSR count). The number of allylic oxidation sites excluding steroid dienone is 1. The third-order valence-electron chi connectivity index (χ3n) is 4.56. The molecule has 0 aliphatic rings. The average Bonchev–Trinajstić information content (AvgIpc) is 2.64. The number of ether oxygens (including phenoxy) is 1. The molecule has 0 N–H and O–H groups in total. The number of pyridine rings is 1. The van der Waals surface area contributed by atoms with Crippen molar-refractivity contribution in [2.45, 2.75) is 60.0 Å². The first-order valence-corrected chi connectivity index (χ1v) is 9.04. The maximum Gasteiger partial charge on any atom is 0.130 e. The van der Waals surface area contributed by atoms with Crippen LogP contribution in [0.1, 0.15) is 62.1 Å². The zero-order valence-electron chi connectivity index (χ0n) is 15.5. The monoisotopic (exact) mass is 323 g/mol. The van der Waals surface area contributed by atoms with Crippen LogP contribution in [-0.2, 0) is 25.9 Å². The maximum atomic E-state index is 6.25. The Bertz CT molecular complexity index is 689. The predicted molar refractivity (Wildman–Crippen MR) is 102 cm³/mol. The van der Waals surface area contributed by atoms with E-state index in [2.05, 4.69) is 45.3 Å². The van der Waals surface area contributed by atoms with E-state index in [1.165, 1.54) is 27.8 Å². The van der Waals surface area contributed by atoms with Crippen LogP contribution < -0.4 is 4.74 Å². The van der Waals surface area contributed by atoms with Crippen LogP contribution in [0.25, 0.3) is 5.57 Å². The lowest BCUT2D eigenvalue weighted by molar-refractivity contribution is 0.295. The molecule has 0 saturated carbocycles. The highest BCUT2D eigenvalue weighted by Crippen LogP contribution is 2.35. The van der Waals surface area contributed by atoms with Gasteiger partial charge in [0.05, 0.1) is 5.69 Å². The van der Waals surface area contributed by atoms with Crippen LogP contribution >= 0.6 is 0 Å². The van der Waals surface area contributed by atoms with Crippen LogP contribution in [0.15, 0.2) is 37.0 Å². The van der Waals surface area contributed by atoms with Crippen LogP contribution in [0.2, 0.25) is 0 Å². The van der Waals surface area contributed by atoms with Crippen molar-refractivity contribution < 1.29 is 4.74 Å². The van der Waals surface area contributed by atoms with E-state index in [-0.39, 0.29) is 0 Å². The molecule has 1 aromatic carbocycles. The van der Waals surface area contributed by atoms with E-state index >= 15 is 0 Å². The van der Waals surface area contributed by atoms with Crippen molar-refractivity contribution in [3.8, 4) is 5.75 Å². The molecule has 0 radical (unpaired) electrons. The Morgan fingerprint density at radius 2 is 1.79 bits per heavy atom. The van der Waals surface area contributed by atoms with Crippen LogP contribution in [0, 0.1) is 0 Å². The van der Waals surface area contributed by atoms with Gasteiger partial charge in [-0.15, -0.1) is 0 Å². The summed E-state index contributed by atoms with van der Waals surface area (Å²) in [4.78, 5) is 4.37. The van der Waals surface area contributed by atoms with Crippen molar-refractivity contribution in [2.75, 3.05) is 0 Å². The Labute approximate surface area is 146 Å². The van der Waals surface area contributed by atoms with Crippen LogP contribution in [0.3, 0.4) is 0 Å². The molecular formula is C22H29NO. The summed E-state index contributed by atoms with van der Waals surface area (Å²) in [5.74, 6) is 1.05. The topological polar surface area (TPSA) is 22.1 Å². The lowest BCUT2D eigenvalue weighted by Gasteiger charge is -2.22. The zero-order chi connectivity index (χ0) is 17.5. The van der Waals surface area contributed by atoms with Crippen LogP contribution in [0.5, 0.6) is 5.75 Å². The molecule has 2 nitrogen and oxygen atoms in total.